The van der Waals surface area contributed by atoms with Crippen molar-refractivity contribution in [3.63, 3.8) is 0 Å². The zero-order valence-corrected chi connectivity index (χ0v) is 12.8. The van der Waals surface area contributed by atoms with E-state index in [0.717, 1.165) is 24.0 Å². The van der Waals surface area contributed by atoms with Gasteiger partial charge in [0.2, 0.25) is 10.0 Å². The summed E-state index contributed by atoms with van der Waals surface area (Å²) in [6, 6.07) is 2.51. The van der Waals surface area contributed by atoms with Crippen molar-refractivity contribution in [2.24, 2.45) is 5.14 Å². The van der Waals surface area contributed by atoms with E-state index >= 15 is 0 Å². The molecule has 2 amide bonds. The van der Waals surface area contributed by atoms with Crippen molar-refractivity contribution in [3.05, 3.63) is 23.3 Å². The Hall–Kier alpha value is -1.60. The van der Waals surface area contributed by atoms with Gasteiger partial charge in [0.15, 0.2) is 0 Å². The second-order valence-corrected chi connectivity index (χ2v) is 6.25. The zero-order chi connectivity index (χ0) is 15.3. The van der Waals surface area contributed by atoms with Crippen LogP contribution in [0.2, 0.25) is 0 Å². The van der Waals surface area contributed by atoms with E-state index in [2.05, 4.69) is 10.6 Å². The molecular weight excluding hydrogens is 278 g/mol. The number of nitrogens with two attached hydrogens (primary N) is 1. The third kappa shape index (κ3) is 4.50. The monoisotopic (exact) mass is 299 g/mol. The van der Waals surface area contributed by atoms with Gasteiger partial charge in [-0.05, 0) is 43.5 Å². The highest BCUT2D eigenvalue weighted by atomic mass is 32.2. The summed E-state index contributed by atoms with van der Waals surface area (Å²) in [6.45, 7) is 6.19. The van der Waals surface area contributed by atoms with Gasteiger partial charge >= 0.3 is 6.03 Å². The lowest BCUT2D eigenvalue weighted by atomic mass is 10.1. The average Bonchev–Trinajstić information content (AvgIpc) is 2.33. The number of carbonyl (C=O) groups excluding carboxylic acids is 1. The van der Waals surface area contributed by atoms with Crippen molar-refractivity contribution < 1.29 is 13.2 Å². The number of carbonyl (C=O) groups is 1. The molecule has 1 rings (SSSR count). The molecule has 0 heterocycles. The number of aryl methyl sites for hydroxylation is 1. The number of urea groups is 1. The lowest BCUT2D eigenvalue weighted by Crippen LogP contribution is -2.30. The van der Waals surface area contributed by atoms with Crippen LogP contribution in [-0.4, -0.2) is 21.0 Å². The van der Waals surface area contributed by atoms with Crippen LogP contribution in [0.5, 0.6) is 0 Å². The number of unbranched alkanes of at least 4 members (excludes halogenated alkanes) is 1. The normalized spacial score (nSPS) is 11.2. The van der Waals surface area contributed by atoms with Crippen molar-refractivity contribution in [3.8, 4) is 0 Å². The summed E-state index contributed by atoms with van der Waals surface area (Å²) in [7, 11) is -3.79. The Morgan fingerprint density at radius 2 is 1.95 bits per heavy atom. The van der Waals surface area contributed by atoms with Gasteiger partial charge in [-0.25, -0.2) is 18.4 Å². The van der Waals surface area contributed by atoms with E-state index < -0.39 is 10.0 Å². The first-order chi connectivity index (χ1) is 9.25. The van der Waals surface area contributed by atoms with Crippen molar-refractivity contribution >= 4 is 21.7 Å². The molecule has 0 aliphatic rings. The molecule has 6 nitrogen and oxygen atoms in total. The average molecular weight is 299 g/mol. The topological polar surface area (TPSA) is 101 Å². The summed E-state index contributed by atoms with van der Waals surface area (Å²) in [5, 5.41) is 10.5. The number of amides is 2. The number of nitrogens with one attached hydrogen (secondary N) is 2. The van der Waals surface area contributed by atoms with Gasteiger partial charge in [-0.15, -0.1) is 0 Å². The SMILES string of the molecule is CCCCNC(=O)Nc1cc(S(N)(=O)=O)cc(C)c1C. The number of benzene rings is 1. The summed E-state index contributed by atoms with van der Waals surface area (Å²) >= 11 is 0. The molecule has 1 aromatic rings. The summed E-state index contributed by atoms with van der Waals surface area (Å²) < 4.78 is 22.8. The van der Waals surface area contributed by atoms with Gasteiger partial charge in [0.05, 0.1) is 4.90 Å². The molecule has 4 N–H and O–H groups in total. The molecule has 0 unspecified atom stereocenters. The predicted molar refractivity (Wildman–Crippen MR) is 79.2 cm³/mol. The van der Waals surface area contributed by atoms with Crippen molar-refractivity contribution in [2.45, 2.75) is 38.5 Å². The van der Waals surface area contributed by atoms with Gasteiger partial charge in [0, 0.05) is 12.2 Å². The van der Waals surface area contributed by atoms with Crippen molar-refractivity contribution in [2.75, 3.05) is 11.9 Å². The number of sulfonamides is 1. The van der Waals surface area contributed by atoms with Crippen molar-refractivity contribution in [1.82, 2.24) is 5.32 Å². The molecular formula is C13H21N3O3S. The van der Waals surface area contributed by atoms with Crippen LogP contribution in [0.4, 0.5) is 10.5 Å². The second kappa shape index (κ2) is 6.71. The molecule has 0 bridgehead atoms. The van der Waals surface area contributed by atoms with E-state index in [4.69, 9.17) is 5.14 Å². The summed E-state index contributed by atoms with van der Waals surface area (Å²) in [4.78, 5) is 11.7. The maximum Gasteiger partial charge on any atom is 0.319 e. The molecule has 0 radical (unpaired) electrons. The lowest BCUT2D eigenvalue weighted by Gasteiger charge is -2.13. The first-order valence-corrected chi connectivity index (χ1v) is 7.99. The predicted octanol–water partition coefficient (Wildman–Crippen LogP) is 1.87. The molecule has 0 aliphatic carbocycles. The smallest absolute Gasteiger partial charge is 0.319 e. The van der Waals surface area contributed by atoms with Crippen LogP contribution < -0.4 is 15.8 Å². The molecule has 0 aliphatic heterocycles. The van der Waals surface area contributed by atoms with Gasteiger partial charge in [-0.1, -0.05) is 13.3 Å². The van der Waals surface area contributed by atoms with Crippen LogP contribution in [0.25, 0.3) is 0 Å². The summed E-state index contributed by atoms with van der Waals surface area (Å²) in [6.07, 6.45) is 1.88. The molecule has 0 fully saturated rings. The Morgan fingerprint density at radius 3 is 2.50 bits per heavy atom. The third-order valence-corrected chi connectivity index (χ3v) is 3.93. The molecule has 0 saturated heterocycles. The number of hydrogen-bond acceptors (Lipinski definition) is 3. The van der Waals surface area contributed by atoms with Crippen LogP contribution >= 0.6 is 0 Å². The maximum atomic E-state index is 11.7. The van der Waals surface area contributed by atoms with Gasteiger partial charge in [-0.3, -0.25) is 0 Å². The fourth-order valence-electron chi connectivity index (χ4n) is 1.67. The highest BCUT2D eigenvalue weighted by Gasteiger charge is 2.13. The fraction of sp³-hybridized carbons (Fsp3) is 0.462. The fourth-order valence-corrected chi connectivity index (χ4v) is 2.29. The van der Waals surface area contributed by atoms with Crippen LogP contribution in [0.3, 0.4) is 0 Å². The van der Waals surface area contributed by atoms with Gasteiger partial charge in [-0.2, -0.15) is 0 Å². The van der Waals surface area contributed by atoms with Gasteiger partial charge < -0.3 is 10.6 Å². The molecule has 0 saturated carbocycles. The molecule has 0 aromatic heterocycles. The van der Waals surface area contributed by atoms with E-state index in [-0.39, 0.29) is 10.9 Å². The van der Waals surface area contributed by atoms with Crippen LogP contribution in [0.15, 0.2) is 17.0 Å². The van der Waals surface area contributed by atoms with E-state index in [1.807, 2.05) is 13.8 Å². The molecule has 1 aromatic carbocycles. The van der Waals surface area contributed by atoms with Crippen LogP contribution in [0, 0.1) is 13.8 Å². The molecule has 0 atom stereocenters. The largest absolute Gasteiger partial charge is 0.338 e. The van der Waals surface area contributed by atoms with Crippen LogP contribution in [0.1, 0.15) is 30.9 Å². The minimum absolute atomic E-state index is 0.00976. The standard InChI is InChI=1S/C13H21N3O3S/c1-4-5-6-15-13(17)16-12-8-11(20(14,18)19)7-9(2)10(12)3/h7-8H,4-6H2,1-3H3,(H2,14,18,19)(H2,15,16,17). The Labute approximate surface area is 119 Å². The second-order valence-electron chi connectivity index (χ2n) is 4.69. The molecule has 0 spiro atoms. The van der Waals surface area contributed by atoms with Crippen molar-refractivity contribution in [1.29, 1.82) is 0 Å². The Kier molecular flexibility index (Phi) is 5.52. The quantitative estimate of drug-likeness (QED) is 0.723. The van der Waals surface area contributed by atoms with Gasteiger partial charge in [0.1, 0.15) is 0 Å². The van der Waals surface area contributed by atoms with E-state index in [9.17, 15) is 13.2 Å². The maximum absolute atomic E-state index is 11.7. The minimum atomic E-state index is -3.79. The minimum Gasteiger partial charge on any atom is -0.338 e. The number of primary sulfonamides is 1. The summed E-state index contributed by atoms with van der Waals surface area (Å²) in [5.74, 6) is 0. The van der Waals surface area contributed by atoms with Crippen LogP contribution in [-0.2, 0) is 10.0 Å². The number of rotatable bonds is 5. The highest BCUT2D eigenvalue weighted by Crippen LogP contribution is 2.23. The number of anilines is 1. The summed E-state index contributed by atoms with van der Waals surface area (Å²) in [5.41, 5.74) is 2.01. The van der Waals surface area contributed by atoms with E-state index in [1.165, 1.54) is 12.1 Å². The number of hydrogen-bond donors (Lipinski definition) is 3. The lowest BCUT2D eigenvalue weighted by molar-refractivity contribution is 0.252. The first kappa shape index (κ1) is 16.5. The Bertz CT molecular complexity index is 597. The Morgan fingerprint density at radius 1 is 1.30 bits per heavy atom. The third-order valence-electron chi connectivity index (χ3n) is 3.03. The van der Waals surface area contributed by atoms with E-state index in [0.29, 0.717) is 12.2 Å². The van der Waals surface area contributed by atoms with Gasteiger partial charge in [0.25, 0.3) is 0 Å². The highest BCUT2D eigenvalue weighted by molar-refractivity contribution is 7.89. The zero-order valence-electron chi connectivity index (χ0n) is 12.0. The first-order valence-electron chi connectivity index (χ1n) is 6.44. The molecule has 112 valence electrons. The Balaban J connectivity index is 2.95. The molecule has 7 heteroatoms. The molecule has 20 heavy (non-hydrogen) atoms. The van der Waals surface area contributed by atoms with E-state index in [1.54, 1.807) is 6.92 Å².